The Morgan fingerprint density at radius 3 is 2.60 bits per heavy atom. The van der Waals surface area contributed by atoms with Crippen molar-refractivity contribution in [3.8, 4) is 0 Å². The molecule has 1 unspecified atom stereocenters. The van der Waals surface area contributed by atoms with E-state index >= 15 is 0 Å². The first-order valence-corrected chi connectivity index (χ1v) is 10.5. The fourth-order valence-corrected chi connectivity index (χ4v) is 4.42. The van der Waals surface area contributed by atoms with Gasteiger partial charge in [-0.3, -0.25) is 9.69 Å². The van der Waals surface area contributed by atoms with Crippen molar-refractivity contribution in [3.63, 3.8) is 0 Å². The summed E-state index contributed by atoms with van der Waals surface area (Å²) < 4.78 is 14.6. The van der Waals surface area contributed by atoms with Crippen LogP contribution < -0.4 is 15.5 Å². The Bertz CT molecular complexity index is 927. The Kier molecular flexibility index (Phi) is 5.22. The normalized spacial score (nSPS) is 20.7. The highest BCUT2D eigenvalue weighted by Gasteiger charge is 2.31. The van der Waals surface area contributed by atoms with Crippen molar-refractivity contribution in [2.24, 2.45) is 0 Å². The Labute approximate surface area is 175 Å². The molecule has 0 saturated carbocycles. The number of likely N-dealkylation sites (tertiary alicyclic amines) is 1. The molecule has 30 heavy (non-hydrogen) atoms. The number of amides is 1. The monoisotopic (exact) mass is 411 g/mol. The number of piperazine rings is 1. The molecule has 0 bridgehead atoms. The lowest BCUT2D eigenvalue weighted by Crippen LogP contribution is -2.52. The average molecular weight is 411 g/mol. The zero-order valence-electron chi connectivity index (χ0n) is 16.9. The van der Waals surface area contributed by atoms with E-state index in [1.807, 2.05) is 12.1 Å². The van der Waals surface area contributed by atoms with Gasteiger partial charge in [-0.15, -0.1) is 0 Å². The highest BCUT2D eigenvalue weighted by molar-refractivity contribution is 6.02. The minimum absolute atomic E-state index is 0.0364. The van der Waals surface area contributed by atoms with Gasteiger partial charge in [0.15, 0.2) is 11.6 Å². The molecular formula is C21H26FN7O. The molecule has 3 aliphatic heterocycles. The van der Waals surface area contributed by atoms with Crippen LogP contribution in [0.4, 0.5) is 21.7 Å². The standard InChI is InChI=1S/C21H26FN7O/c22-16-5-2-1-4-15(16)17(13-27-6-3-7-27)28-8-10-29(11-9-28)21-19-20(24-14-25-21)23-12-18(30)26-19/h1-2,4-5,14,17H,3,6-13H2,(H,26,30)(H,23,24,25). The van der Waals surface area contributed by atoms with Gasteiger partial charge in [0.05, 0.1) is 12.6 Å². The van der Waals surface area contributed by atoms with E-state index in [1.165, 1.54) is 12.7 Å². The van der Waals surface area contributed by atoms with E-state index in [0.717, 1.165) is 57.2 Å². The van der Waals surface area contributed by atoms with Gasteiger partial charge >= 0.3 is 0 Å². The van der Waals surface area contributed by atoms with Gasteiger partial charge in [-0.05, 0) is 25.6 Å². The Balaban J connectivity index is 1.33. The van der Waals surface area contributed by atoms with Crippen LogP contribution in [0.15, 0.2) is 30.6 Å². The zero-order chi connectivity index (χ0) is 20.5. The van der Waals surface area contributed by atoms with Crippen LogP contribution in [0, 0.1) is 5.82 Å². The molecule has 9 heteroatoms. The molecule has 3 aliphatic rings. The van der Waals surface area contributed by atoms with Gasteiger partial charge in [-0.2, -0.15) is 0 Å². The first kappa shape index (κ1) is 19.2. The molecule has 0 spiro atoms. The molecule has 2 N–H and O–H groups in total. The molecule has 1 amide bonds. The van der Waals surface area contributed by atoms with E-state index in [1.54, 1.807) is 12.1 Å². The smallest absolute Gasteiger partial charge is 0.243 e. The summed E-state index contributed by atoms with van der Waals surface area (Å²) >= 11 is 0. The zero-order valence-corrected chi connectivity index (χ0v) is 16.9. The second-order valence-electron chi connectivity index (χ2n) is 8.04. The average Bonchev–Trinajstić information content (AvgIpc) is 2.74. The van der Waals surface area contributed by atoms with Crippen LogP contribution in [0.5, 0.6) is 0 Å². The topological polar surface area (TPSA) is 76.6 Å². The van der Waals surface area contributed by atoms with Crippen molar-refractivity contribution in [2.45, 2.75) is 12.5 Å². The van der Waals surface area contributed by atoms with Gasteiger partial charge in [-0.25, -0.2) is 14.4 Å². The lowest BCUT2D eigenvalue weighted by Gasteiger charge is -2.43. The number of nitrogens with one attached hydrogen (secondary N) is 2. The van der Waals surface area contributed by atoms with Crippen LogP contribution in [0.25, 0.3) is 0 Å². The molecule has 158 valence electrons. The number of aromatic nitrogens is 2. The Hall–Kier alpha value is -2.78. The molecule has 2 saturated heterocycles. The quantitative estimate of drug-likeness (QED) is 0.773. The van der Waals surface area contributed by atoms with E-state index < -0.39 is 0 Å². The minimum Gasteiger partial charge on any atom is -0.359 e. The predicted molar refractivity (Wildman–Crippen MR) is 113 cm³/mol. The molecule has 0 radical (unpaired) electrons. The second kappa shape index (κ2) is 8.16. The first-order valence-electron chi connectivity index (χ1n) is 10.5. The number of rotatable bonds is 5. The number of benzene rings is 1. The summed E-state index contributed by atoms with van der Waals surface area (Å²) in [5, 5.41) is 5.93. The van der Waals surface area contributed by atoms with E-state index in [2.05, 4.69) is 35.3 Å². The maximum absolute atomic E-state index is 14.6. The second-order valence-corrected chi connectivity index (χ2v) is 8.04. The number of halogens is 1. The summed E-state index contributed by atoms with van der Waals surface area (Å²) in [5.74, 6) is 1.17. The molecule has 4 heterocycles. The number of anilines is 3. The lowest BCUT2D eigenvalue weighted by molar-refractivity contribution is -0.114. The molecule has 1 aromatic carbocycles. The molecule has 5 rings (SSSR count). The molecule has 1 atom stereocenters. The van der Waals surface area contributed by atoms with Gasteiger partial charge in [0.25, 0.3) is 0 Å². The number of nitrogens with zero attached hydrogens (tertiary/aromatic N) is 5. The molecule has 0 aliphatic carbocycles. The van der Waals surface area contributed by atoms with E-state index in [9.17, 15) is 9.18 Å². The highest BCUT2D eigenvalue weighted by Crippen LogP contribution is 2.33. The predicted octanol–water partition coefficient (Wildman–Crippen LogP) is 1.55. The van der Waals surface area contributed by atoms with Crippen molar-refractivity contribution >= 4 is 23.2 Å². The SMILES string of the molecule is O=C1CNc2ncnc(N3CCN(C(CN4CCC4)c4ccccc4F)CC3)c2N1. The fourth-order valence-electron chi connectivity index (χ4n) is 4.42. The van der Waals surface area contributed by atoms with Crippen LogP contribution in [-0.2, 0) is 4.79 Å². The van der Waals surface area contributed by atoms with Crippen LogP contribution in [0.2, 0.25) is 0 Å². The van der Waals surface area contributed by atoms with E-state index in [-0.39, 0.29) is 24.3 Å². The fraction of sp³-hybridized carbons (Fsp3) is 0.476. The number of hydrogen-bond acceptors (Lipinski definition) is 7. The maximum Gasteiger partial charge on any atom is 0.243 e. The largest absolute Gasteiger partial charge is 0.359 e. The van der Waals surface area contributed by atoms with Crippen molar-refractivity contribution in [2.75, 3.05) is 67.9 Å². The molecule has 2 aromatic rings. The third-order valence-electron chi connectivity index (χ3n) is 6.21. The van der Waals surface area contributed by atoms with E-state index in [4.69, 9.17) is 0 Å². The summed E-state index contributed by atoms with van der Waals surface area (Å²) in [6, 6.07) is 7.17. The van der Waals surface area contributed by atoms with Gasteiger partial charge in [0.1, 0.15) is 17.8 Å². The molecule has 1 aromatic heterocycles. The van der Waals surface area contributed by atoms with Crippen molar-refractivity contribution in [3.05, 3.63) is 42.0 Å². The minimum atomic E-state index is -0.135. The maximum atomic E-state index is 14.6. The van der Waals surface area contributed by atoms with Gasteiger partial charge in [0, 0.05) is 38.3 Å². The van der Waals surface area contributed by atoms with E-state index in [0.29, 0.717) is 11.5 Å². The molecular weight excluding hydrogens is 385 g/mol. The highest BCUT2D eigenvalue weighted by atomic mass is 19.1. The molecule has 8 nitrogen and oxygen atoms in total. The summed E-state index contributed by atoms with van der Waals surface area (Å²) in [5.41, 5.74) is 1.42. The van der Waals surface area contributed by atoms with Crippen LogP contribution in [0.3, 0.4) is 0 Å². The number of carbonyl (C=O) groups excluding carboxylic acids is 1. The van der Waals surface area contributed by atoms with Crippen molar-refractivity contribution < 1.29 is 9.18 Å². The number of fused-ring (bicyclic) bond motifs is 1. The van der Waals surface area contributed by atoms with Crippen LogP contribution >= 0.6 is 0 Å². The van der Waals surface area contributed by atoms with Crippen LogP contribution in [-0.4, -0.2) is 78.0 Å². The van der Waals surface area contributed by atoms with Crippen molar-refractivity contribution in [1.82, 2.24) is 19.8 Å². The van der Waals surface area contributed by atoms with Crippen LogP contribution in [0.1, 0.15) is 18.0 Å². The summed E-state index contributed by atoms with van der Waals surface area (Å²) in [6.07, 6.45) is 2.74. The van der Waals surface area contributed by atoms with Gasteiger partial charge < -0.3 is 20.4 Å². The first-order chi connectivity index (χ1) is 14.7. The lowest BCUT2D eigenvalue weighted by atomic mass is 10.0. The summed E-state index contributed by atoms with van der Waals surface area (Å²) in [7, 11) is 0. The number of carbonyl (C=O) groups is 1. The third kappa shape index (κ3) is 3.70. The van der Waals surface area contributed by atoms with Crippen molar-refractivity contribution in [1.29, 1.82) is 0 Å². The van der Waals surface area contributed by atoms with Gasteiger partial charge in [0.2, 0.25) is 5.91 Å². The van der Waals surface area contributed by atoms with Gasteiger partial charge in [-0.1, -0.05) is 18.2 Å². The summed E-state index contributed by atoms with van der Waals surface area (Å²) in [4.78, 5) is 27.4. The Morgan fingerprint density at radius 2 is 1.87 bits per heavy atom. The summed E-state index contributed by atoms with van der Waals surface area (Å²) in [6.45, 7) is 6.35. The Morgan fingerprint density at radius 1 is 1.07 bits per heavy atom. The third-order valence-corrected chi connectivity index (χ3v) is 6.21. The molecule has 2 fully saturated rings. The number of hydrogen-bond donors (Lipinski definition) is 2.